The molecule has 1 heterocycles. The number of amides is 1. The second-order valence-electron chi connectivity index (χ2n) is 7.25. The lowest BCUT2D eigenvalue weighted by Crippen LogP contribution is -2.28. The first-order valence-electron chi connectivity index (χ1n) is 9.34. The number of carbonyl (C=O) groups is 1. The molecule has 0 aliphatic heterocycles. The maximum atomic E-state index is 12.9. The molecule has 1 atom stereocenters. The molecule has 0 spiro atoms. The average molecular weight is 396 g/mol. The Balaban J connectivity index is 1.91. The van der Waals surface area contributed by atoms with Crippen LogP contribution in [0.15, 0.2) is 52.4 Å². The van der Waals surface area contributed by atoms with Crippen molar-refractivity contribution in [2.75, 3.05) is 5.32 Å². The van der Waals surface area contributed by atoms with E-state index in [4.69, 9.17) is 0 Å². The molecule has 3 rings (SSSR count). The van der Waals surface area contributed by atoms with Gasteiger partial charge < -0.3 is 5.32 Å². The van der Waals surface area contributed by atoms with Crippen molar-refractivity contribution in [2.24, 2.45) is 0 Å². The summed E-state index contributed by atoms with van der Waals surface area (Å²) in [6.45, 7) is 9.68. The van der Waals surface area contributed by atoms with Crippen molar-refractivity contribution in [1.82, 2.24) is 9.55 Å². The predicted octanol–water partition coefficient (Wildman–Crippen LogP) is 4.71. The van der Waals surface area contributed by atoms with Crippen molar-refractivity contribution in [3.05, 3.63) is 63.9 Å². The Labute approximate surface area is 169 Å². The molecule has 0 saturated carbocycles. The van der Waals surface area contributed by atoms with Gasteiger partial charge >= 0.3 is 0 Å². The van der Waals surface area contributed by atoms with Crippen LogP contribution in [0.4, 0.5) is 5.69 Å². The van der Waals surface area contributed by atoms with Gasteiger partial charge in [0.15, 0.2) is 5.16 Å². The largest absolute Gasteiger partial charge is 0.325 e. The minimum atomic E-state index is -0.405. The van der Waals surface area contributed by atoms with Crippen molar-refractivity contribution < 1.29 is 4.79 Å². The van der Waals surface area contributed by atoms with Gasteiger partial charge in [-0.1, -0.05) is 36.0 Å². The summed E-state index contributed by atoms with van der Waals surface area (Å²) in [4.78, 5) is 30.4. The standard InChI is InChI=1S/C22H25N3O2S/c1-13(2)25-21(27)17-8-6-7-9-18(17)24-22(25)28-16(5)20(26)23-19-12-14(3)10-11-15(19)4/h6-13,16H,1-5H3,(H,23,26). The van der Waals surface area contributed by atoms with Crippen molar-refractivity contribution in [1.29, 1.82) is 0 Å². The van der Waals surface area contributed by atoms with Crippen molar-refractivity contribution in [3.8, 4) is 0 Å². The van der Waals surface area contributed by atoms with Gasteiger partial charge in [0, 0.05) is 11.7 Å². The first-order valence-corrected chi connectivity index (χ1v) is 10.2. The maximum absolute atomic E-state index is 12.9. The lowest BCUT2D eigenvalue weighted by atomic mass is 10.1. The zero-order chi connectivity index (χ0) is 20.4. The van der Waals surface area contributed by atoms with Crippen molar-refractivity contribution in [3.63, 3.8) is 0 Å². The highest BCUT2D eigenvalue weighted by atomic mass is 32.2. The molecule has 1 N–H and O–H groups in total. The van der Waals surface area contributed by atoms with Crippen LogP contribution >= 0.6 is 11.8 Å². The number of fused-ring (bicyclic) bond motifs is 1. The number of aryl methyl sites for hydroxylation is 2. The molecule has 3 aromatic rings. The van der Waals surface area contributed by atoms with E-state index >= 15 is 0 Å². The van der Waals surface area contributed by atoms with Crippen LogP contribution < -0.4 is 10.9 Å². The highest BCUT2D eigenvalue weighted by molar-refractivity contribution is 8.00. The fraction of sp³-hybridized carbons (Fsp3) is 0.318. The summed E-state index contributed by atoms with van der Waals surface area (Å²) in [6, 6.07) is 13.2. The van der Waals surface area contributed by atoms with Crippen LogP contribution in [0.2, 0.25) is 0 Å². The van der Waals surface area contributed by atoms with E-state index in [0.717, 1.165) is 16.8 Å². The topological polar surface area (TPSA) is 64.0 Å². The van der Waals surface area contributed by atoms with E-state index in [2.05, 4.69) is 10.3 Å². The number of rotatable bonds is 5. The van der Waals surface area contributed by atoms with Crippen LogP contribution in [0.5, 0.6) is 0 Å². The molecule has 6 heteroatoms. The lowest BCUT2D eigenvalue weighted by Gasteiger charge is -2.19. The fourth-order valence-electron chi connectivity index (χ4n) is 2.98. The Bertz CT molecular complexity index is 1090. The Morgan fingerprint density at radius 2 is 1.82 bits per heavy atom. The van der Waals surface area contributed by atoms with E-state index in [1.54, 1.807) is 10.6 Å². The summed E-state index contributed by atoms with van der Waals surface area (Å²) >= 11 is 1.30. The monoisotopic (exact) mass is 395 g/mol. The number of hydrogen-bond acceptors (Lipinski definition) is 4. The Hall–Kier alpha value is -2.60. The maximum Gasteiger partial charge on any atom is 0.262 e. The molecule has 2 aromatic carbocycles. The summed E-state index contributed by atoms with van der Waals surface area (Å²) in [5.74, 6) is -0.114. The van der Waals surface area contributed by atoms with E-state index in [9.17, 15) is 9.59 Å². The second kappa shape index (κ2) is 8.19. The number of aromatic nitrogens is 2. The highest BCUT2D eigenvalue weighted by Crippen LogP contribution is 2.26. The van der Waals surface area contributed by atoms with Crippen LogP contribution in [-0.2, 0) is 4.79 Å². The number of nitrogens with zero attached hydrogens (tertiary/aromatic N) is 2. The molecule has 28 heavy (non-hydrogen) atoms. The second-order valence-corrected chi connectivity index (χ2v) is 8.56. The molecule has 0 bridgehead atoms. The molecule has 0 aliphatic carbocycles. The summed E-state index contributed by atoms with van der Waals surface area (Å²) in [5, 5.41) is 3.74. The lowest BCUT2D eigenvalue weighted by molar-refractivity contribution is -0.115. The van der Waals surface area contributed by atoms with Crippen molar-refractivity contribution >= 4 is 34.3 Å². The minimum Gasteiger partial charge on any atom is -0.325 e. The average Bonchev–Trinajstić information content (AvgIpc) is 2.64. The fourth-order valence-corrected chi connectivity index (χ4v) is 4.02. The van der Waals surface area contributed by atoms with Crippen LogP contribution in [0.1, 0.15) is 37.9 Å². The molecule has 0 saturated heterocycles. The summed E-state index contributed by atoms with van der Waals surface area (Å²) in [7, 11) is 0. The number of hydrogen-bond donors (Lipinski definition) is 1. The Morgan fingerprint density at radius 1 is 1.11 bits per heavy atom. The normalized spacial score (nSPS) is 12.4. The van der Waals surface area contributed by atoms with Gasteiger partial charge in [0.25, 0.3) is 5.56 Å². The number of para-hydroxylation sites is 1. The van der Waals surface area contributed by atoms with Gasteiger partial charge in [-0.05, 0) is 63.9 Å². The molecule has 146 valence electrons. The predicted molar refractivity (Wildman–Crippen MR) is 116 cm³/mol. The van der Waals surface area contributed by atoms with Gasteiger partial charge in [0.1, 0.15) is 0 Å². The molecule has 0 fully saturated rings. The van der Waals surface area contributed by atoms with Gasteiger partial charge in [-0.15, -0.1) is 0 Å². The third kappa shape index (κ3) is 4.12. The van der Waals surface area contributed by atoms with Gasteiger partial charge in [-0.25, -0.2) is 4.98 Å². The van der Waals surface area contributed by atoms with Crippen LogP contribution in [0, 0.1) is 13.8 Å². The minimum absolute atomic E-state index is 0.0543. The molecule has 1 amide bonds. The summed E-state index contributed by atoms with van der Waals surface area (Å²) < 4.78 is 1.66. The summed E-state index contributed by atoms with van der Waals surface area (Å²) in [6.07, 6.45) is 0. The zero-order valence-electron chi connectivity index (χ0n) is 16.8. The van der Waals surface area contributed by atoms with E-state index in [0.29, 0.717) is 16.1 Å². The van der Waals surface area contributed by atoms with Crippen LogP contribution in [-0.4, -0.2) is 20.7 Å². The molecule has 1 unspecified atom stereocenters. The van der Waals surface area contributed by atoms with Gasteiger partial charge in [0.05, 0.1) is 16.2 Å². The smallest absolute Gasteiger partial charge is 0.262 e. The molecule has 0 radical (unpaired) electrons. The number of nitrogens with one attached hydrogen (secondary N) is 1. The van der Waals surface area contributed by atoms with E-state index < -0.39 is 5.25 Å². The number of benzene rings is 2. The number of carbonyl (C=O) groups excluding carboxylic acids is 1. The van der Waals surface area contributed by atoms with Crippen LogP contribution in [0.3, 0.4) is 0 Å². The van der Waals surface area contributed by atoms with Gasteiger partial charge in [-0.2, -0.15) is 0 Å². The van der Waals surface area contributed by atoms with E-state index in [1.165, 1.54) is 11.8 Å². The Kier molecular flexibility index (Phi) is 5.89. The quantitative estimate of drug-likeness (QED) is 0.502. The third-order valence-electron chi connectivity index (χ3n) is 4.59. The molecular formula is C22H25N3O2S. The third-order valence-corrected chi connectivity index (χ3v) is 5.66. The number of anilines is 1. The first-order chi connectivity index (χ1) is 13.3. The Morgan fingerprint density at radius 3 is 2.54 bits per heavy atom. The van der Waals surface area contributed by atoms with Gasteiger partial charge in [-0.3, -0.25) is 14.2 Å². The molecule has 5 nitrogen and oxygen atoms in total. The van der Waals surface area contributed by atoms with Crippen molar-refractivity contribution in [2.45, 2.75) is 51.1 Å². The SMILES string of the molecule is Cc1ccc(C)c(NC(=O)C(C)Sc2nc3ccccc3c(=O)n2C(C)C)c1. The molecular weight excluding hydrogens is 370 g/mol. The van der Waals surface area contributed by atoms with E-state index in [-0.39, 0.29) is 17.5 Å². The van der Waals surface area contributed by atoms with Crippen LogP contribution in [0.25, 0.3) is 10.9 Å². The van der Waals surface area contributed by atoms with E-state index in [1.807, 2.05) is 71.0 Å². The number of thioether (sulfide) groups is 1. The molecule has 0 aliphatic rings. The summed E-state index contributed by atoms with van der Waals surface area (Å²) in [5.41, 5.74) is 3.48. The first kappa shape index (κ1) is 20.1. The zero-order valence-corrected chi connectivity index (χ0v) is 17.6. The van der Waals surface area contributed by atoms with Gasteiger partial charge in [0.2, 0.25) is 5.91 Å². The highest BCUT2D eigenvalue weighted by Gasteiger charge is 2.21. The molecule has 1 aromatic heterocycles.